The van der Waals surface area contributed by atoms with Gasteiger partial charge in [0, 0.05) is 6.42 Å². The first kappa shape index (κ1) is 8.50. The van der Waals surface area contributed by atoms with E-state index in [1.54, 1.807) is 11.8 Å². The van der Waals surface area contributed by atoms with Crippen molar-refractivity contribution in [2.24, 2.45) is 0 Å². The topological polar surface area (TPSA) is 23.8 Å². The average molecular weight is 165 g/mol. The van der Waals surface area contributed by atoms with Crippen LogP contribution in [0.5, 0.6) is 0 Å². The minimum atomic E-state index is -0.133. The van der Waals surface area contributed by atoms with Gasteiger partial charge in [0.15, 0.2) is 0 Å². The maximum absolute atomic E-state index is 8.90. The van der Waals surface area contributed by atoms with Crippen molar-refractivity contribution in [3.8, 4) is 18.4 Å². The van der Waals surface area contributed by atoms with Gasteiger partial charge in [0.05, 0.1) is 6.07 Å². The zero-order valence-electron chi connectivity index (χ0n) is 6.47. The summed E-state index contributed by atoms with van der Waals surface area (Å²) in [5.41, 5.74) is 0. The van der Waals surface area contributed by atoms with E-state index in [4.69, 9.17) is 11.7 Å². The lowest BCUT2D eigenvalue weighted by Crippen LogP contribution is -2.17. The van der Waals surface area contributed by atoms with E-state index >= 15 is 0 Å². The lowest BCUT2D eigenvalue weighted by Gasteiger charge is -2.16. The van der Waals surface area contributed by atoms with E-state index in [1.807, 2.05) is 0 Å². The molecule has 0 aromatic carbocycles. The summed E-state index contributed by atoms with van der Waals surface area (Å²) in [5, 5.41) is 8.90. The number of hydrogen-bond acceptors (Lipinski definition) is 2. The fourth-order valence-corrected chi connectivity index (χ4v) is 2.59. The minimum Gasteiger partial charge on any atom is -0.197 e. The number of rotatable bonds is 2. The van der Waals surface area contributed by atoms with Crippen LogP contribution in [0.3, 0.4) is 0 Å². The summed E-state index contributed by atoms with van der Waals surface area (Å²) in [6, 6.07) is 2.38. The van der Waals surface area contributed by atoms with Crippen molar-refractivity contribution in [3.63, 3.8) is 0 Å². The van der Waals surface area contributed by atoms with Crippen LogP contribution >= 0.6 is 11.8 Å². The van der Waals surface area contributed by atoms with Crippen LogP contribution in [0, 0.1) is 23.7 Å². The normalized spacial score (nSPS) is 29.3. The van der Waals surface area contributed by atoms with E-state index in [9.17, 15) is 0 Å². The van der Waals surface area contributed by atoms with Crippen molar-refractivity contribution < 1.29 is 0 Å². The van der Waals surface area contributed by atoms with Gasteiger partial charge in [-0.15, -0.1) is 24.1 Å². The second-order valence-electron chi connectivity index (χ2n) is 2.76. The molecule has 1 unspecified atom stereocenters. The Hall–Kier alpha value is -0.600. The molecule has 0 spiro atoms. The number of nitriles is 1. The highest BCUT2D eigenvalue weighted by atomic mass is 32.2. The first-order valence-corrected chi connectivity index (χ1v) is 4.80. The Morgan fingerprint density at radius 3 is 2.91 bits per heavy atom. The van der Waals surface area contributed by atoms with Gasteiger partial charge in [0.2, 0.25) is 0 Å². The molecule has 58 valence electrons. The number of terminal acetylenes is 1. The van der Waals surface area contributed by atoms with Gasteiger partial charge in [-0.05, 0) is 25.0 Å². The van der Waals surface area contributed by atoms with Crippen LogP contribution in [0.4, 0.5) is 0 Å². The Labute approximate surface area is 72.2 Å². The monoisotopic (exact) mass is 165 g/mol. The van der Waals surface area contributed by atoms with Crippen LogP contribution in [0.15, 0.2) is 0 Å². The van der Waals surface area contributed by atoms with Gasteiger partial charge in [-0.1, -0.05) is 0 Å². The Balaban J connectivity index is 2.49. The lowest BCUT2D eigenvalue weighted by atomic mass is 9.99. The van der Waals surface area contributed by atoms with E-state index in [0.717, 1.165) is 25.0 Å². The summed E-state index contributed by atoms with van der Waals surface area (Å²) in [5.74, 6) is 3.71. The maximum atomic E-state index is 8.90. The molecule has 0 radical (unpaired) electrons. The fraction of sp³-hybridized carbons (Fsp3) is 0.667. The zero-order chi connectivity index (χ0) is 8.16. The molecule has 0 N–H and O–H groups in total. The molecule has 0 aliphatic carbocycles. The Morgan fingerprint density at radius 2 is 2.45 bits per heavy atom. The standard InChI is InChI=1S/C9H11NS/c1-2-3-5-9(8-10)6-4-7-11-9/h1H,3-7H2. The summed E-state index contributed by atoms with van der Waals surface area (Å²) in [6.45, 7) is 0. The second kappa shape index (κ2) is 3.69. The van der Waals surface area contributed by atoms with Gasteiger partial charge in [-0.3, -0.25) is 0 Å². The highest BCUT2D eigenvalue weighted by Gasteiger charge is 2.33. The van der Waals surface area contributed by atoms with Gasteiger partial charge in [-0.2, -0.15) is 5.26 Å². The van der Waals surface area contributed by atoms with Crippen molar-refractivity contribution in [2.75, 3.05) is 5.75 Å². The predicted molar refractivity (Wildman–Crippen MR) is 48.1 cm³/mol. The first-order valence-electron chi connectivity index (χ1n) is 3.82. The largest absolute Gasteiger partial charge is 0.197 e. The molecule has 2 heteroatoms. The smallest absolute Gasteiger partial charge is 0.103 e. The highest BCUT2D eigenvalue weighted by Crippen LogP contribution is 2.40. The average Bonchev–Trinajstić information content (AvgIpc) is 2.50. The first-order chi connectivity index (χ1) is 5.33. The molecule has 1 saturated heterocycles. The van der Waals surface area contributed by atoms with Crippen molar-refractivity contribution >= 4 is 11.8 Å². The summed E-state index contributed by atoms with van der Waals surface area (Å²) in [6.07, 6.45) is 8.95. The highest BCUT2D eigenvalue weighted by molar-refractivity contribution is 8.01. The van der Waals surface area contributed by atoms with Gasteiger partial charge < -0.3 is 0 Å². The van der Waals surface area contributed by atoms with Crippen LogP contribution < -0.4 is 0 Å². The third kappa shape index (κ3) is 1.91. The lowest BCUT2D eigenvalue weighted by molar-refractivity contribution is 0.633. The minimum absolute atomic E-state index is 0.133. The van der Waals surface area contributed by atoms with Crippen molar-refractivity contribution in [3.05, 3.63) is 0 Å². The van der Waals surface area contributed by atoms with E-state index in [-0.39, 0.29) is 4.75 Å². The molecule has 0 amide bonds. The summed E-state index contributed by atoms with van der Waals surface area (Å²) >= 11 is 1.77. The molecular formula is C9H11NS. The van der Waals surface area contributed by atoms with E-state index in [1.165, 1.54) is 6.42 Å². The van der Waals surface area contributed by atoms with E-state index < -0.39 is 0 Å². The molecular weight excluding hydrogens is 154 g/mol. The van der Waals surface area contributed by atoms with Gasteiger partial charge in [-0.25, -0.2) is 0 Å². The maximum Gasteiger partial charge on any atom is 0.103 e. The van der Waals surface area contributed by atoms with E-state index in [2.05, 4.69) is 12.0 Å². The quantitative estimate of drug-likeness (QED) is 0.586. The van der Waals surface area contributed by atoms with Gasteiger partial charge >= 0.3 is 0 Å². The fourth-order valence-electron chi connectivity index (χ4n) is 1.31. The van der Waals surface area contributed by atoms with Crippen molar-refractivity contribution in [1.82, 2.24) is 0 Å². The second-order valence-corrected chi connectivity index (χ2v) is 4.24. The van der Waals surface area contributed by atoms with Crippen LogP contribution in [0.2, 0.25) is 0 Å². The van der Waals surface area contributed by atoms with Crippen LogP contribution in [-0.2, 0) is 0 Å². The summed E-state index contributed by atoms with van der Waals surface area (Å²) < 4.78 is -0.133. The molecule has 0 aromatic heterocycles. The zero-order valence-corrected chi connectivity index (χ0v) is 7.28. The third-order valence-corrected chi connectivity index (χ3v) is 3.53. The predicted octanol–water partition coefficient (Wildman–Crippen LogP) is 2.19. The van der Waals surface area contributed by atoms with Crippen molar-refractivity contribution in [1.29, 1.82) is 5.26 Å². The Morgan fingerprint density at radius 1 is 1.64 bits per heavy atom. The number of thioether (sulfide) groups is 1. The van der Waals surface area contributed by atoms with Crippen LogP contribution in [-0.4, -0.2) is 10.5 Å². The van der Waals surface area contributed by atoms with Crippen molar-refractivity contribution in [2.45, 2.75) is 30.4 Å². The number of hydrogen-bond donors (Lipinski definition) is 0. The molecule has 1 aliphatic rings. The van der Waals surface area contributed by atoms with Crippen LogP contribution in [0.1, 0.15) is 25.7 Å². The third-order valence-electron chi connectivity index (χ3n) is 1.98. The molecule has 0 bridgehead atoms. The molecule has 1 heterocycles. The molecule has 0 saturated carbocycles. The Kier molecular flexibility index (Phi) is 2.85. The molecule has 1 nitrogen and oxygen atoms in total. The molecule has 1 atom stereocenters. The van der Waals surface area contributed by atoms with Crippen LogP contribution in [0.25, 0.3) is 0 Å². The Bertz CT molecular complexity index is 203. The van der Waals surface area contributed by atoms with E-state index in [0.29, 0.717) is 0 Å². The molecule has 1 aliphatic heterocycles. The number of nitrogens with zero attached hydrogens (tertiary/aromatic N) is 1. The molecule has 1 fully saturated rings. The summed E-state index contributed by atoms with van der Waals surface area (Å²) in [7, 11) is 0. The SMILES string of the molecule is C#CCCC1(C#N)CCCS1. The van der Waals surface area contributed by atoms with Gasteiger partial charge in [0.1, 0.15) is 4.75 Å². The van der Waals surface area contributed by atoms with Gasteiger partial charge in [0.25, 0.3) is 0 Å². The molecule has 0 aromatic rings. The molecule has 1 rings (SSSR count). The molecule has 11 heavy (non-hydrogen) atoms. The summed E-state index contributed by atoms with van der Waals surface area (Å²) in [4.78, 5) is 0.